The Morgan fingerprint density at radius 1 is 1.80 bits per heavy atom. The van der Waals surface area contributed by atoms with Crippen LogP contribution >= 0.6 is 0 Å². The lowest BCUT2D eigenvalue weighted by Gasteiger charge is -1.84. The maximum absolute atomic E-state index is 9.93. The van der Waals surface area contributed by atoms with E-state index in [9.17, 15) is 10.1 Å². The number of aryl methyl sites for hydroxylation is 1. The molecule has 0 radical (unpaired) electrons. The minimum absolute atomic E-state index is 0.346. The first-order chi connectivity index (χ1) is 4.74. The molecule has 0 spiro atoms. The molecule has 10 heavy (non-hydrogen) atoms. The van der Waals surface area contributed by atoms with Crippen LogP contribution in [-0.4, -0.2) is 25.3 Å². The zero-order chi connectivity index (χ0) is 7.56. The van der Waals surface area contributed by atoms with Crippen LogP contribution in [0.15, 0.2) is 0 Å². The molecule has 1 heterocycles. The van der Waals surface area contributed by atoms with Crippen LogP contribution in [0.5, 0.6) is 0 Å². The molecule has 0 aliphatic heterocycles. The van der Waals surface area contributed by atoms with Crippen LogP contribution < -0.4 is 0 Å². The Hall–Kier alpha value is -1.53. The van der Waals surface area contributed by atoms with E-state index < -0.39 is 5.03 Å². The quantitative estimate of drug-likeness (QED) is 0.402. The van der Waals surface area contributed by atoms with Gasteiger partial charge in [0, 0.05) is 16.6 Å². The normalized spacial score (nSPS) is 9.70. The van der Waals surface area contributed by atoms with E-state index >= 15 is 0 Å². The van der Waals surface area contributed by atoms with Gasteiger partial charge in [0.25, 0.3) is 5.82 Å². The van der Waals surface area contributed by atoms with Crippen molar-refractivity contribution < 1.29 is 5.03 Å². The van der Waals surface area contributed by atoms with Gasteiger partial charge in [-0.3, -0.25) is 0 Å². The third kappa shape index (κ3) is 1.07. The van der Waals surface area contributed by atoms with E-state index in [2.05, 4.69) is 15.4 Å². The average molecular weight is 143 g/mol. The summed E-state index contributed by atoms with van der Waals surface area (Å²) >= 11 is 0. The summed E-state index contributed by atoms with van der Waals surface area (Å²) in [4.78, 5) is 10.3. The lowest BCUT2D eigenvalue weighted by molar-refractivity contribution is -0.564. The number of nitro groups is 1. The van der Waals surface area contributed by atoms with E-state index in [1.165, 1.54) is 0 Å². The zero-order valence-corrected chi connectivity index (χ0v) is 5.26. The second-order valence-electron chi connectivity index (χ2n) is 1.57. The molecular weight excluding hydrogens is 138 g/mol. The topological polar surface area (TPSA) is 86.7 Å². The van der Waals surface area contributed by atoms with E-state index in [0.29, 0.717) is 17.2 Å². The average Bonchev–Trinajstić information content (AvgIpc) is 2.34. The Labute approximate surface area is 55.8 Å². The SMILES string of the molecule is CCc1nnn([N+](=O)[O-])n1. The zero-order valence-electron chi connectivity index (χ0n) is 5.26. The van der Waals surface area contributed by atoms with Gasteiger partial charge in [-0.15, -0.1) is 0 Å². The van der Waals surface area contributed by atoms with Gasteiger partial charge in [0.2, 0.25) is 0 Å². The van der Waals surface area contributed by atoms with Crippen molar-refractivity contribution in [3.8, 4) is 0 Å². The highest BCUT2D eigenvalue weighted by atomic mass is 16.7. The van der Waals surface area contributed by atoms with Crippen LogP contribution in [0.3, 0.4) is 0 Å². The maximum atomic E-state index is 9.93. The molecule has 0 aromatic carbocycles. The molecule has 0 saturated carbocycles. The Bertz CT molecular complexity index is 243. The summed E-state index contributed by atoms with van der Waals surface area (Å²) in [5.74, 6) is 0.372. The summed E-state index contributed by atoms with van der Waals surface area (Å²) < 4.78 is 0. The summed E-state index contributed by atoms with van der Waals surface area (Å²) in [6.45, 7) is 1.79. The minimum Gasteiger partial charge on any atom is -0.372 e. The lowest BCUT2D eigenvalue weighted by Crippen LogP contribution is -2.12. The third-order valence-electron chi connectivity index (χ3n) is 0.907. The number of aromatic nitrogens is 4. The molecule has 0 saturated heterocycles. The first kappa shape index (κ1) is 6.59. The van der Waals surface area contributed by atoms with Crippen molar-refractivity contribution in [2.24, 2.45) is 0 Å². The van der Waals surface area contributed by atoms with Crippen LogP contribution in [0.4, 0.5) is 0 Å². The summed E-state index contributed by atoms with van der Waals surface area (Å²) in [6, 6.07) is 0. The molecule has 1 aromatic rings. The predicted molar refractivity (Wildman–Crippen MR) is 29.6 cm³/mol. The van der Waals surface area contributed by atoms with Crippen LogP contribution in [0.1, 0.15) is 12.7 Å². The smallest absolute Gasteiger partial charge is 0.270 e. The number of tetrazole rings is 1. The van der Waals surface area contributed by atoms with Crippen molar-refractivity contribution in [1.29, 1.82) is 0 Å². The Balaban J connectivity index is 2.88. The standard InChI is InChI=1S/C3H5N5O2/c1-2-3-4-6-7(5-3)8(9)10/h2H2,1H3. The van der Waals surface area contributed by atoms with Crippen molar-refractivity contribution in [2.75, 3.05) is 0 Å². The number of hydrogen-bond acceptors (Lipinski definition) is 5. The fraction of sp³-hybridized carbons (Fsp3) is 0.667. The van der Waals surface area contributed by atoms with E-state index in [-0.39, 0.29) is 0 Å². The van der Waals surface area contributed by atoms with Gasteiger partial charge in [-0.2, -0.15) is 0 Å². The highest BCUT2D eigenvalue weighted by Crippen LogP contribution is 1.84. The lowest BCUT2D eigenvalue weighted by atomic mass is 10.5. The van der Waals surface area contributed by atoms with Gasteiger partial charge in [-0.1, -0.05) is 6.92 Å². The highest BCUT2D eigenvalue weighted by molar-refractivity contribution is 4.72. The van der Waals surface area contributed by atoms with Crippen molar-refractivity contribution in [3.05, 3.63) is 15.9 Å². The van der Waals surface area contributed by atoms with Crippen LogP contribution in [0.2, 0.25) is 0 Å². The van der Waals surface area contributed by atoms with Gasteiger partial charge < -0.3 is 10.1 Å². The summed E-state index contributed by atoms with van der Waals surface area (Å²) in [5, 5.41) is 19.2. The largest absolute Gasteiger partial charge is 0.372 e. The highest BCUT2D eigenvalue weighted by Gasteiger charge is 2.09. The van der Waals surface area contributed by atoms with Gasteiger partial charge in [0.05, 0.1) is 0 Å². The molecule has 7 nitrogen and oxygen atoms in total. The molecule has 1 rings (SSSR count). The van der Waals surface area contributed by atoms with E-state index in [1.807, 2.05) is 0 Å². The molecule has 54 valence electrons. The maximum Gasteiger partial charge on any atom is 0.270 e. The van der Waals surface area contributed by atoms with Crippen molar-refractivity contribution >= 4 is 0 Å². The van der Waals surface area contributed by atoms with E-state index in [0.717, 1.165) is 0 Å². The van der Waals surface area contributed by atoms with Gasteiger partial charge in [0.1, 0.15) is 5.21 Å². The number of nitrogens with zero attached hydrogens (tertiary/aromatic N) is 5. The fourth-order valence-electron chi connectivity index (χ4n) is 0.445. The summed E-state index contributed by atoms with van der Waals surface area (Å²) in [6.07, 6.45) is 0.549. The second kappa shape index (κ2) is 2.38. The van der Waals surface area contributed by atoms with Gasteiger partial charge in [-0.25, -0.2) is 0 Å². The molecule has 1 aromatic heterocycles. The summed E-state index contributed by atoms with van der Waals surface area (Å²) in [7, 11) is 0. The molecule has 0 aliphatic carbocycles. The molecule has 0 unspecified atom stereocenters. The van der Waals surface area contributed by atoms with Crippen molar-refractivity contribution in [2.45, 2.75) is 13.3 Å². The third-order valence-corrected chi connectivity index (χ3v) is 0.907. The Morgan fingerprint density at radius 3 is 2.80 bits per heavy atom. The molecule has 7 heteroatoms. The first-order valence-corrected chi connectivity index (χ1v) is 2.67. The van der Waals surface area contributed by atoms with E-state index in [4.69, 9.17) is 0 Å². The second-order valence-corrected chi connectivity index (χ2v) is 1.57. The van der Waals surface area contributed by atoms with Crippen LogP contribution in [-0.2, 0) is 6.42 Å². The molecule has 0 N–H and O–H groups in total. The number of hydrogen-bond donors (Lipinski definition) is 0. The monoisotopic (exact) mass is 143 g/mol. The van der Waals surface area contributed by atoms with Crippen molar-refractivity contribution in [1.82, 2.24) is 20.3 Å². The van der Waals surface area contributed by atoms with Gasteiger partial charge in [-0.05, 0) is 5.10 Å². The Morgan fingerprint density at radius 2 is 2.50 bits per heavy atom. The minimum atomic E-state index is -0.744. The molecule has 0 amide bonds. The molecule has 0 aliphatic rings. The molecule has 0 bridgehead atoms. The van der Waals surface area contributed by atoms with E-state index in [1.54, 1.807) is 6.92 Å². The molecular formula is C3H5N5O2. The first-order valence-electron chi connectivity index (χ1n) is 2.67. The van der Waals surface area contributed by atoms with Crippen molar-refractivity contribution in [3.63, 3.8) is 0 Å². The number of rotatable bonds is 2. The van der Waals surface area contributed by atoms with Crippen LogP contribution in [0.25, 0.3) is 0 Å². The van der Waals surface area contributed by atoms with Gasteiger partial charge >= 0.3 is 0 Å². The van der Waals surface area contributed by atoms with Gasteiger partial charge in [0.15, 0.2) is 4.91 Å². The predicted octanol–water partition coefficient (Wildman–Crippen LogP) is -0.725. The van der Waals surface area contributed by atoms with Crippen LogP contribution in [0, 0.1) is 10.1 Å². The molecule has 0 atom stereocenters. The fourth-order valence-corrected chi connectivity index (χ4v) is 0.445. The molecule has 0 fully saturated rings. The summed E-state index contributed by atoms with van der Waals surface area (Å²) in [5.41, 5.74) is 0. The Kier molecular flexibility index (Phi) is 1.57.